The summed E-state index contributed by atoms with van der Waals surface area (Å²) in [6.45, 7) is 5.14. The summed E-state index contributed by atoms with van der Waals surface area (Å²) in [6, 6.07) is 8.29. The molecule has 0 bridgehead atoms. The van der Waals surface area contributed by atoms with Gasteiger partial charge in [0.15, 0.2) is 5.82 Å². The lowest BCUT2D eigenvalue weighted by atomic mass is 10.0. The van der Waals surface area contributed by atoms with Crippen LogP contribution in [0.15, 0.2) is 36.8 Å². The van der Waals surface area contributed by atoms with Crippen LogP contribution in [0.4, 0.5) is 11.8 Å². The topological polar surface area (TPSA) is 129 Å². The van der Waals surface area contributed by atoms with Crippen molar-refractivity contribution in [2.45, 2.75) is 45.1 Å². The zero-order valence-corrected chi connectivity index (χ0v) is 21.6. The highest BCUT2D eigenvalue weighted by Gasteiger charge is 2.26. The van der Waals surface area contributed by atoms with Gasteiger partial charge in [-0.2, -0.15) is 17.8 Å². The van der Waals surface area contributed by atoms with Gasteiger partial charge in [-0.15, -0.1) is 0 Å². The molecule has 3 N–H and O–H groups in total. The number of anilines is 2. The minimum Gasteiger partial charge on any atom is -0.350 e. The van der Waals surface area contributed by atoms with E-state index in [1.165, 1.54) is 10.6 Å². The molecule has 1 aromatic carbocycles. The molecule has 6 rings (SSSR count). The number of aryl methyl sites for hydroxylation is 1. The minimum absolute atomic E-state index is 0.265. The van der Waals surface area contributed by atoms with E-state index in [-0.39, 0.29) is 5.82 Å². The molecule has 0 spiro atoms. The van der Waals surface area contributed by atoms with Gasteiger partial charge in [0, 0.05) is 42.8 Å². The first-order chi connectivity index (χ1) is 18.0. The normalized spacial score (nSPS) is 19.0. The molecule has 0 amide bonds. The predicted molar refractivity (Wildman–Crippen MR) is 144 cm³/mol. The van der Waals surface area contributed by atoms with Crippen LogP contribution < -0.4 is 15.4 Å². The maximum Gasteiger partial charge on any atom is 0.302 e. The molecule has 11 nitrogen and oxygen atoms in total. The second-order valence-electron chi connectivity index (χ2n) is 9.65. The van der Waals surface area contributed by atoms with Crippen LogP contribution in [-0.4, -0.2) is 69.5 Å². The van der Waals surface area contributed by atoms with Crippen LogP contribution in [0.3, 0.4) is 0 Å². The number of aromatic nitrogens is 5. The van der Waals surface area contributed by atoms with E-state index in [1.807, 2.05) is 18.3 Å². The number of hydrogen-bond donors (Lipinski definition) is 3. The van der Waals surface area contributed by atoms with Crippen LogP contribution in [0.25, 0.3) is 27.7 Å². The summed E-state index contributed by atoms with van der Waals surface area (Å²) >= 11 is 0. The Morgan fingerprint density at radius 2 is 2.00 bits per heavy atom. The number of nitrogens with zero attached hydrogens (tertiary/aromatic N) is 6. The molecule has 12 heteroatoms. The van der Waals surface area contributed by atoms with Crippen LogP contribution in [0.2, 0.25) is 0 Å². The molecule has 0 saturated carbocycles. The highest BCUT2D eigenvalue weighted by molar-refractivity contribution is 7.90. The third-order valence-corrected chi connectivity index (χ3v) is 8.65. The fourth-order valence-electron chi connectivity index (χ4n) is 5.21. The molecule has 1 atom stereocenters. The molecule has 0 aliphatic carbocycles. The van der Waals surface area contributed by atoms with E-state index in [2.05, 4.69) is 49.5 Å². The van der Waals surface area contributed by atoms with E-state index in [4.69, 9.17) is 4.98 Å². The molecule has 3 aromatic heterocycles. The average Bonchev–Trinajstić information content (AvgIpc) is 3.60. The number of hydrogen-bond acceptors (Lipinski definition) is 8. The van der Waals surface area contributed by atoms with Crippen molar-refractivity contribution in [3.63, 3.8) is 0 Å². The van der Waals surface area contributed by atoms with Gasteiger partial charge >= 0.3 is 10.2 Å². The third-order valence-electron chi connectivity index (χ3n) is 7.15. The van der Waals surface area contributed by atoms with Gasteiger partial charge in [0.25, 0.3) is 0 Å². The van der Waals surface area contributed by atoms with Gasteiger partial charge in [0.05, 0.1) is 11.2 Å². The zero-order chi connectivity index (χ0) is 25.4. The summed E-state index contributed by atoms with van der Waals surface area (Å²) in [5, 5.41) is 12.3. The monoisotopic (exact) mass is 521 g/mol. The maximum absolute atomic E-state index is 12.8. The van der Waals surface area contributed by atoms with E-state index >= 15 is 0 Å². The second-order valence-corrected chi connectivity index (χ2v) is 11.3. The number of rotatable bonds is 7. The molecule has 37 heavy (non-hydrogen) atoms. The van der Waals surface area contributed by atoms with Crippen LogP contribution in [0.1, 0.15) is 38.2 Å². The Labute approximate surface area is 215 Å². The standard InChI is InChI=1S/C25H31N9O2S/c1-2-17-12-18(13-19-14-27-25(31-23(17)19)30-20-6-5-9-26-15-20)21-7-8-22-24(28-16-29-34(21)22)32-37(35,36)33-10-3-4-11-33/h7-8,12-14,16,20,26H,2-6,9-11,15H2,1H3,(H,27,30,31)(H,28,29,32). The van der Waals surface area contributed by atoms with Crippen molar-refractivity contribution in [2.24, 2.45) is 0 Å². The summed E-state index contributed by atoms with van der Waals surface area (Å²) in [5.41, 5.74) is 4.43. The van der Waals surface area contributed by atoms with Gasteiger partial charge in [-0.3, -0.25) is 4.72 Å². The summed E-state index contributed by atoms with van der Waals surface area (Å²) in [7, 11) is -3.66. The van der Waals surface area contributed by atoms with E-state index < -0.39 is 10.2 Å². The van der Waals surface area contributed by atoms with Crippen molar-refractivity contribution in [3.05, 3.63) is 42.4 Å². The maximum atomic E-state index is 12.8. The highest BCUT2D eigenvalue weighted by Crippen LogP contribution is 2.30. The van der Waals surface area contributed by atoms with Crippen molar-refractivity contribution in [2.75, 3.05) is 36.2 Å². The quantitative estimate of drug-likeness (QED) is 0.339. The highest BCUT2D eigenvalue weighted by atomic mass is 32.2. The molecule has 2 saturated heterocycles. The lowest BCUT2D eigenvalue weighted by molar-refractivity contribution is 0.478. The Balaban J connectivity index is 1.34. The summed E-state index contributed by atoms with van der Waals surface area (Å²) < 4.78 is 31.5. The van der Waals surface area contributed by atoms with E-state index in [1.54, 1.807) is 4.52 Å². The Morgan fingerprint density at radius 3 is 2.78 bits per heavy atom. The predicted octanol–water partition coefficient (Wildman–Crippen LogP) is 2.82. The van der Waals surface area contributed by atoms with Gasteiger partial charge in [-0.25, -0.2) is 19.5 Å². The van der Waals surface area contributed by atoms with Crippen molar-refractivity contribution in [1.29, 1.82) is 0 Å². The van der Waals surface area contributed by atoms with Crippen molar-refractivity contribution in [1.82, 2.24) is 34.2 Å². The smallest absolute Gasteiger partial charge is 0.302 e. The summed E-state index contributed by atoms with van der Waals surface area (Å²) in [4.78, 5) is 13.7. The van der Waals surface area contributed by atoms with Gasteiger partial charge in [-0.05, 0) is 68.5 Å². The molecule has 5 heterocycles. The molecule has 1 unspecified atom stereocenters. The first-order valence-corrected chi connectivity index (χ1v) is 14.3. The Hall–Kier alpha value is -3.35. The number of benzene rings is 1. The van der Waals surface area contributed by atoms with E-state index in [9.17, 15) is 8.42 Å². The minimum atomic E-state index is -3.66. The first kappa shape index (κ1) is 24.0. The SMILES string of the molecule is CCc1cc(-c2ccc3c(NS(=O)(=O)N4CCCC4)ncnn23)cc2cnc(NC3CCCNC3)nc12. The van der Waals surface area contributed by atoms with Gasteiger partial charge in [-0.1, -0.05) is 6.92 Å². The molecule has 2 aliphatic heterocycles. The number of piperidine rings is 1. The van der Waals surface area contributed by atoms with Crippen LogP contribution in [0, 0.1) is 0 Å². The molecule has 194 valence electrons. The summed E-state index contributed by atoms with van der Waals surface area (Å²) in [6.07, 6.45) is 8.04. The number of nitrogens with one attached hydrogen (secondary N) is 3. The van der Waals surface area contributed by atoms with Crippen LogP contribution >= 0.6 is 0 Å². The Kier molecular flexibility index (Phi) is 6.39. The fourth-order valence-corrected chi connectivity index (χ4v) is 6.48. The first-order valence-electron chi connectivity index (χ1n) is 12.9. The molecule has 2 aliphatic rings. The Morgan fingerprint density at radius 1 is 1.14 bits per heavy atom. The average molecular weight is 522 g/mol. The lowest BCUT2D eigenvalue weighted by Crippen LogP contribution is -2.38. The summed E-state index contributed by atoms with van der Waals surface area (Å²) in [5.74, 6) is 0.917. The lowest BCUT2D eigenvalue weighted by Gasteiger charge is -2.23. The van der Waals surface area contributed by atoms with Crippen molar-refractivity contribution >= 4 is 38.4 Å². The third kappa shape index (κ3) is 4.72. The van der Waals surface area contributed by atoms with Crippen molar-refractivity contribution < 1.29 is 8.42 Å². The molecular formula is C25H31N9O2S. The van der Waals surface area contributed by atoms with Gasteiger partial charge in [0.1, 0.15) is 11.8 Å². The van der Waals surface area contributed by atoms with Crippen LogP contribution in [-0.2, 0) is 16.6 Å². The second kappa shape index (κ2) is 9.84. The Bertz CT molecular complexity index is 1540. The number of fused-ring (bicyclic) bond motifs is 2. The molecule has 2 fully saturated rings. The van der Waals surface area contributed by atoms with E-state index in [0.717, 1.165) is 72.9 Å². The van der Waals surface area contributed by atoms with Gasteiger partial charge < -0.3 is 10.6 Å². The molecule has 4 aromatic rings. The van der Waals surface area contributed by atoms with Crippen LogP contribution in [0.5, 0.6) is 0 Å². The molecule has 0 radical (unpaired) electrons. The zero-order valence-electron chi connectivity index (χ0n) is 20.8. The molecular weight excluding hydrogens is 490 g/mol. The van der Waals surface area contributed by atoms with Crippen molar-refractivity contribution in [3.8, 4) is 11.3 Å². The van der Waals surface area contributed by atoms with E-state index in [0.29, 0.717) is 30.6 Å². The largest absolute Gasteiger partial charge is 0.350 e. The van der Waals surface area contributed by atoms with Gasteiger partial charge in [0.2, 0.25) is 5.95 Å². The fraction of sp³-hybridized carbons (Fsp3) is 0.440.